The number of nitrogens with zero attached hydrogens (tertiary/aromatic N) is 5. The molecule has 0 aliphatic carbocycles. The minimum absolute atomic E-state index is 0.0316. The van der Waals surface area contributed by atoms with Crippen molar-refractivity contribution in [1.29, 1.82) is 0 Å². The van der Waals surface area contributed by atoms with Gasteiger partial charge in [-0.25, -0.2) is 9.78 Å². The van der Waals surface area contributed by atoms with Crippen LogP contribution in [0.1, 0.15) is 96.6 Å². The second-order valence-corrected chi connectivity index (χ2v) is 17.9. The van der Waals surface area contributed by atoms with Crippen molar-refractivity contribution in [2.75, 3.05) is 39.3 Å². The maximum Gasteiger partial charge on any atom is 0.326 e. The van der Waals surface area contributed by atoms with Crippen molar-refractivity contribution in [2.24, 2.45) is 66.8 Å². The smallest absolute Gasteiger partial charge is 0.326 e. The van der Waals surface area contributed by atoms with Crippen molar-refractivity contribution in [3.8, 4) is 0 Å². The number of carboxylic acid groups (broad SMARTS) is 1. The van der Waals surface area contributed by atoms with Crippen LogP contribution in [0.25, 0.3) is 0 Å². The third kappa shape index (κ3) is 22.6. The van der Waals surface area contributed by atoms with Gasteiger partial charge in [0.05, 0.1) is 19.0 Å². The number of carbonyl (C=O) groups is 8. The van der Waals surface area contributed by atoms with E-state index in [1.807, 2.05) is 0 Å². The number of aliphatic hydroxyl groups excluding tert-OH is 1. The Morgan fingerprint density at radius 1 is 0.703 bits per heavy atom. The summed E-state index contributed by atoms with van der Waals surface area (Å²) < 4.78 is 0. The lowest BCUT2D eigenvalue weighted by molar-refractivity contribution is -0.144. The maximum atomic E-state index is 14.6. The van der Waals surface area contributed by atoms with Gasteiger partial charge >= 0.3 is 5.97 Å². The molecule has 0 saturated carbocycles. The number of aliphatic carboxylic acids is 1. The number of aliphatic imine (C=N–C) groups is 3. The van der Waals surface area contributed by atoms with Crippen LogP contribution in [0.15, 0.2) is 27.5 Å². The lowest BCUT2D eigenvalue weighted by Crippen LogP contribution is -2.60. The first-order valence-corrected chi connectivity index (χ1v) is 24.7. The Labute approximate surface area is 429 Å². The zero-order valence-electron chi connectivity index (χ0n) is 42.3. The summed E-state index contributed by atoms with van der Waals surface area (Å²) in [5, 5.41) is 35.3. The van der Waals surface area contributed by atoms with Crippen LogP contribution in [0.5, 0.6) is 0 Å². The normalized spacial score (nSPS) is 16.3. The van der Waals surface area contributed by atoms with E-state index in [0.29, 0.717) is 37.8 Å². The van der Waals surface area contributed by atoms with E-state index in [1.54, 1.807) is 13.8 Å². The van der Waals surface area contributed by atoms with E-state index in [4.69, 9.17) is 45.9 Å². The molecule has 0 spiro atoms. The van der Waals surface area contributed by atoms with E-state index in [1.165, 1.54) is 17.4 Å². The van der Waals surface area contributed by atoms with Crippen LogP contribution in [0, 0.1) is 5.92 Å². The zero-order valence-corrected chi connectivity index (χ0v) is 42.3. The van der Waals surface area contributed by atoms with E-state index in [2.05, 4.69) is 56.8 Å². The number of H-pyrrole nitrogens is 1. The van der Waals surface area contributed by atoms with Gasteiger partial charge in [-0.05, 0) is 83.1 Å². The lowest BCUT2D eigenvalue weighted by Gasteiger charge is -2.31. The van der Waals surface area contributed by atoms with Crippen LogP contribution in [-0.4, -0.2) is 178 Å². The summed E-state index contributed by atoms with van der Waals surface area (Å²) in [7, 11) is 0. The van der Waals surface area contributed by atoms with Gasteiger partial charge in [0.25, 0.3) is 0 Å². The molecule has 1 aromatic rings. The number of amides is 7. The fraction of sp³-hybridized carbons (Fsp3) is 0.682. The van der Waals surface area contributed by atoms with Crippen molar-refractivity contribution >= 4 is 65.2 Å². The lowest BCUT2D eigenvalue weighted by atomic mass is 9.99. The Balaban J connectivity index is 2.43. The molecular formula is C44H80N20O10. The van der Waals surface area contributed by atoms with Crippen molar-refractivity contribution in [1.82, 2.24) is 46.8 Å². The molecule has 1 aliphatic rings. The van der Waals surface area contributed by atoms with Gasteiger partial charge in [-0.3, -0.25) is 48.5 Å². The second kappa shape index (κ2) is 33.4. The minimum atomic E-state index is -1.61. The van der Waals surface area contributed by atoms with Crippen LogP contribution < -0.4 is 77.8 Å². The maximum absolute atomic E-state index is 14.6. The molecule has 0 aromatic carbocycles. The number of likely N-dealkylation sites (tertiary alicyclic amines) is 1. The summed E-state index contributed by atoms with van der Waals surface area (Å²) >= 11 is 0. The number of imidazole rings is 1. The van der Waals surface area contributed by atoms with Crippen LogP contribution in [0.2, 0.25) is 0 Å². The molecule has 0 radical (unpaired) electrons. The summed E-state index contributed by atoms with van der Waals surface area (Å²) in [6.45, 7) is 3.17. The van der Waals surface area contributed by atoms with E-state index in [0.717, 1.165) is 0 Å². The SMILES string of the molecule is CC[C@H](C)[C@H](NC(=O)[C@H](CO)NC(=O)[C@H](Cc1cnc[nH]1)NC(=O)[C@@H]1CCCN1C(=O)[C@H](CCCN=C(N)N)NC(=O)[C@H](CCCCN)NC(=O)[C@H](CCCN=C(N)N)NC(=O)[C@@H](N)CCCN=C(N)N)C(=O)O. The topological polar surface area (TPSA) is 526 Å². The van der Waals surface area contributed by atoms with Gasteiger partial charge in [0.15, 0.2) is 17.9 Å². The third-order valence-electron chi connectivity index (χ3n) is 12.1. The summed E-state index contributed by atoms with van der Waals surface area (Å²) in [6.07, 6.45) is 5.31. The number of aromatic amines is 1. The minimum Gasteiger partial charge on any atom is -0.480 e. The average Bonchev–Trinajstić information content (AvgIpc) is 4.07. The fourth-order valence-electron chi connectivity index (χ4n) is 7.77. The standard InChI is InChI=1S/C44H80N20O10/c1-3-24(2)33(41(73)74)63-38(70)31(22-65)62-37(69)30(20-25-21-53-23-57-25)61-39(71)32-14-9-19-64(32)40(72)29(13-8-18-56-44(51)52)60-36(68)27(11-4-5-15-45)59-35(67)28(12-7-17-55-43(49)50)58-34(66)26(46)10-6-16-54-42(47)48/h21,23-24,26-33,65H,3-20,22,45-46H2,1-2H3,(H,53,57)(H,58,66)(H,59,67)(H,60,68)(H,61,71)(H,62,69)(H,63,70)(H,73,74)(H4,47,48,54)(H4,49,50,55)(H4,51,52,56)/t24-,26-,27-,28-,29-,30-,31-,32-,33-/m0/s1. The Bertz CT molecular complexity index is 2060. The number of hydrogen-bond donors (Lipinski definition) is 17. The predicted molar refractivity (Wildman–Crippen MR) is 273 cm³/mol. The molecule has 9 atom stereocenters. The van der Waals surface area contributed by atoms with Crippen molar-refractivity contribution in [3.05, 3.63) is 18.2 Å². The number of carbonyl (C=O) groups excluding carboxylic acids is 7. The van der Waals surface area contributed by atoms with Gasteiger partial charge in [0.2, 0.25) is 41.4 Å². The Morgan fingerprint density at radius 3 is 1.72 bits per heavy atom. The number of nitrogens with two attached hydrogens (primary N) is 8. The molecule has 416 valence electrons. The second-order valence-electron chi connectivity index (χ2n) is 17.9. The summed E-state index contributed by atoms with van der Waals surface area (Å²) in [6, 6.07) is -10.3. The van der Waals surface area contributed by atoms with Crippen molar-refractivity contribution < 1.29 is 48.6 Å². The number of rotatable bonds is 35. The molecule has 30 nitrogen and oxygen atoms in total. The monoisotopic (exact) mass is 1050 g/mol. The number of aliphatic hydroxyl groups is 1. The number of nitrogens with one attached hydrogen (secondary N) is 7. The Kier molecular flexibility index (Phi) is 28.3. The van der Waals surface area contributed by atoms with Gasteiger partial charge in [-0.15, -0.1) is 0 Å². The third-order valence-corrected chi connectivity index (χ3v) is 12.1. The number of unbranched alkanes of at least 4 members (excludes halogenated alkanes) is 1. The molecule has 1 fully saturated rings. The molecule has 1 aliphatic heterocycles. The zero-order chi connectivity index (χ0) is 55.3. The molecule has 30 heteroatoms. The summed E-state index contributed by atoms with van der Waals surface area (Å²) in [5.74, 6) is -7.81. The van der Waals surface area contributed by atoms with E-state index in [9.17, 15) is 48.6 Å². The van der Waals surface area contributed by atoms with E-state index < -0.39 is 108 Å². The van der Waals surface area contributed by atoms with Crippen LogP contribution in [0.4, 0.5) is 0 Å². The highest BCUT2D eigenvalue weighted by Gasteiger charge is 2.40. The summed E-state index contributed by atoms with van der Waals surface area (Å²) in [4.78, 5) is 129. The number of guanidine groups is 3. The number of hydrogen-bond acceptors (Lipinski definition) is 15. The Hall–Kier alpha value is -7.34. The molecule has 7 amide bonds. The van der Waals surface area contributed by atoms with Gasteiger partial charge in [0.1, 0.15) is 42.3 Å². The number of carboxylic acids is 1. The quantitative estimate of drug-likeness (QED) is 0.0171. The highest BCUT2D eigenvalue weighted by atomic mass is 16.4. The van der Waals surface area contributed by atoms with E-state index in [-0.39, 0.29) is 102 Å². The van der Waals surface area contributed by atoms with E-state index >= 15 is 0 Å². The first-order chi connectivity index (χ1) is 35.1. The molecular weight excluding hydrogens is 969 g/mol. The molecule has 74 heavy (non-hydrogen) atoms. The molecule has 1 aromatic heterocycles. The summed E-state index contributed by atoms with van der Waals surface area (Å²) in [5.41, 5.74) is 45.1. The van der Waals surface area contributed by atoms with Crippen LogP contribution in [0.3, 0.4) is 0 Å². The molecule has 0 unspecified atom stereocenters. The molecule has 2 rings (SSSR count). The van der Waals surface area contributed by atoms with Crippen molar-refractivity contribution in [2.45, 2.75) is 146 Å². The first kappa shape index (κ1) is 62.8. The fourth-order valence-corrected chi connectivity index (χ4v) is 7.77. The average molecular weight is 1050 g/mol. The van der Waals surface area contributed by atoms with Crippen LogP contribution in [-0.2, 0) is 44.8 Å². The Morgan fingerprint density at radius 2 is 1.20 bits per heavy atom. The molecule has 0 bridgehead atoms. The highest BCUT2D eigenvalue weighted by Crippen LogP contribution is 2.21. The molecule has 1 saturated heterocycles. The van der Waals surface area contributed by atoms with Gasteiger partial charge in [-0.1, -0.05) is 20.3 Å². The van der Waals surface area contributed by atoms with Crippen molar-refractivity contribution in [3.63, 3.8) is 0 Å². The van der Waals surface area contributed by atoms with Gasteiger partial charge in [0, 0.05) is 44.5 Å². The van der Waals surface area contributed by atoms with Gasteiger partial charge in [-0.2, -0.15) is 0 Å². The van der Waals surface area contributed by atoms with Crippen LogP contribution >= 0.6 is 0 Å². The molecule has 2 heterocycles. The largest absolute Gasteiger partial charge is 0.480 e. The predicted octanol–water partition coefficient (Wildman–Crippen LogP) is -6.41. The van der Waals surface area contributed by atoms with Gasteiger partial charge < -0.3 is 97.9 Å². The highest BCUT2D eigenvalue weighted by molar-refractivity contribution is 5.98. The number of aromatic nitrogens is 2. The first-order valence-electron chi connectivity index (χ1n) is 24.7. The molecule has 25 N–H and O–H groups in total.